The molecule has 1 N–H and O–H groups in total. The maximum absolute atomic E-state index is 13.4. The Hall–Kier alpha value is -2.12. The van der Waals surface area contributed by atoms with Crippen molar-refractivity contribution in [2.24, 2.45) is 5.92 Å². The summed E-state index contributed by atoms with van der Waals surface area (Å²) < 4.78 is 34.3. The van der Waals surface area contributed by atoms with Crippen molar-refractivity contribution in [2.45, 2.75) is 37.8 Å². The van der Waals surface area contributed by atoms with Crippen LogP contribution in [0.5, 0.6) is 5.75 Å². The number of fused-ring (bicyclic) bond motifs is 1. The van der Waals surface area contributed by atoms with E-state index in [1.165, 1.54) is 17.3 Å². The van der Waals surface area contributed by atoms with Crippen LogP contribution in [0.3, 0.4) is 0 Å². The molecule has 0 aromatic heterocycles. The maximum atomic E-state index is 13.4. The second-order valence-corrected chi connectivity index (χ2v) is 10.2. The highest BCUT2D eigenvalue weighted by molar-refractivity contribution is 7.89. The molecule has 1 aromatic rings. The quantitative estimate of drug-likeness (QED) is 0.668. The molecular formula is C22H33N3O5S. The van der Waals surface area contributed by atoms with Crippen molar-refractivity contribution >= 4 is 15.9 Å². The van der Waals surface area contributed by atoms with E-state index in [1.807, 2.05) is 25.9 Å². The molecule has 0 unspecified atom stereocenters. The normalized spacial score (nSPS) is 21.7. The molecule has 0 fully saturated rings. The first-order valence-corrected chi connectivity index (χ1v) is 11.7. The lowest BCUT2D eigenvalue weighted by Crippen LogP contribution is -2.50. The summed E-state index contributed by atoms with van der Waals surface area (Å²) in [5.41, 5.74) is 0.643. The second-order valence-electron chi connectivity index (χ2n) is 8.34. The molecule has 1 aliphatic rings. The average molecular weight is 452 g/mol. The number of likely N-dealkylation sites (N-methyl/N-ethyl adjacent to an activating group) is 1. The van der Waals surface area contributed by atoms with Gasteiger partial charge in [-0.1, -0.05) is 18.8 Å². The Kier molecular flexibility index (Phi) is 8.49. The summed E-state index contributed by atoms with van der Waals surface area (Å²) in [6.07, 6.45) is -0.429. The van der Waals surface area contributed by atoms with Gasteiger partial charge < -0.3 is 14.7 Å². The highest BCUT2D eigenvalue weighted by atomic mass is 32.2. The highest BCUT2D eigenvalue weighted by Crippen LogP contribution is 2.34. The molecule has 1 aliphatic heterocycles. The average Bonchev–Trinajstić information content (AvgIpc) is 2.69. The van der Waals surface area contributed by atoms with Crippen LogP contribution in [0.2, 0.25) is 0 Å². The van der Waals surface area contributed by atoms with Gasteiger partial charge in [0.2, 0.25) is 15.9 Å². The molecule has 0 radical (unpaired) electrons. The number of hydrogen-bond acceptors (Lipinski definition) is 6. The van der Waals surface area contributed by atoms with Crippen molar-refractivity contribution in [1.29, 1.82) is 0 Å². The molecule has 172 valence electrons. The molecule has 0 bridgehead atoms. The first-order chi connectivity index (χ1) is 14.5. The molecule has 1 heterocycles. The number of carbonyl (C=O) groups is 1. The van der Waals surface area contributed by atoms with Gasteiger partial charge in [0.05, 0.1) is 19.7 Å². The molecule has 3 atom stereocenters. The van der Waals surface area contributed by atoms with Crippen molar-refractivity contribution in [2.75, 3.05) is 47.4 Å². The van der Waals surface area contributed by atoms with Crippen LogP contribution < -0.4 is 4.74 Å². The van der Waals surface area contributed by atoms with Crippen molar-refractivity contribution in [3.05, 3.63) is 23.8 Å². The lowest BCUT2D eigenvalue weighted by Gasteiger charge is -2.37. The van der Waals surface area contributed by atoms with Crippen molar-refractivity contribution < 1.29 is 23.1 Å². The number of amides is 1. The van der Waals surface area contributed by atoms with Gasteiger partial charge in [-0.2, -0.15) is 4.31 Å². The Bertz CT molecular complexity index is 952. The van der Waals surface area contributed by atoms with E-state index in [4.69, 9.17) is 4.74 Å². The zero-order chi connectivity index (χ0) is 23.3. The third kappa shape index (κ3) is 6.20. The van der Waals surface area contributed by atoms with Crippen LogP contribution in [0.15, 0.2) is 23.1 Å². The van der Waals surface area contributed by atoms with Gasteiger partial charge in [0, 0.05) is 38.0 Å². The Balaban J connectivity index is 2.56. The van der Waals surface area contributed by atoms with E-state index in [-0.39, 0.29) is 35.6 Å². The summed E-state index contributed by atoms with van der Waals surface area (Å²) in [6, 6.07) is 4.20. The minimum atomic E-state index is -3.89. The molecule has 8 nitrogen and oxygen atoms in total. The molecule has 1 aromatic carbocycles. The molecule has 9 heteroatoms. The van der Waals surface area contributed by atoms with Crippen molar-refractivity contribution in [1.82, 2.24) is 14.1 Å². The molecule has 0 saturated heterocycles. The van der Waals surface area contributed by atoms with Crippen LogP contribution >= 0.6 is 0 Å². The van der Waals surface area contributed by atoms with Gasteiger partial charge in [-0.3, -0.25) is 9.69 Å². The SMILES string of the molecule is CC(=O)N(C)C[C@@H]1Oc2cc(C#CCN(C)C)ccc2S(=O)(=O)N([C@@H](C)CO)C[C@H]1C. The Morgan fingerprint density at radius 3 is 2.61 bits per heavy atom. The van der Waals surface area contributed by atoms with Gasteiger partial charge in [0.25, 0.3) is 0 Å². The minimum absolute atomic E-state index is 0.0355. The summed E-state index contributed by atoms with van der Waals surface area (Å²) in [5, 5.41) is 9.67. The van der Waals surface area contributed by atoms with E-state index in [9.17, 15) is 18.3 Å². The largest absolute Gasteiger partial charge is 0.487 e. The third-order valence-corrected chi connectivity index (χ3v) is 7.31. The van der Waals surface area contributed by atoms with Crippen molar-refractivity contribution in [3.63, 3.8) is 0 Å². The molecule has 0 saturated carbocycles. The summed E-state index contributed by atoms with van der Waals surface area (Å²) >= 11 is 0. The summed E-state index contributed by atoms with van der Waals surface area (Å²) in [7, 11) is 1.62. The predicted molar refractivity (Wildman–Crippen MR) is 119 cm³/mol. The number of aliphatic hydroxyl groups excluding tert-OH is 1. The summed E-state index contributed by atoms with van der Waals surface area (Å²) in [6.45, 7) is 5.79. The summed E-state index contributed by atoms with van der Waals surface area (Å²) in [4.78, 5) is 15.3. The molecule has 0 spiro atoms. The number of ether oxygens (including phenoxy) is 1. The monoisotopic (exact) mass is 451 g/mol. The number of aliphatic hydroxyl groups is 1. The fourth-order valence-corrected chi connectivity index (χ4v) is 5.05. The second kappa shape index (κ2) is 10.5. The maximum Gasteiger partial charge on any atom is 0.247 e. The van der Waals surface area contributed by atoms with Crippen LogP contribution in [0.1, 0.15) is 26.3 Å². The molecule has 0 aliphatic carbocycles. The lowest BCUT2D eigenvalue weighted by molar-refractivity contribution is -0.129. The minimum Gasteiger partial charge on any atom is -0.487 e. The van der Waals surface area contributed by atoms with E-state index in [0.29, 0.717) is 18.7 Å². The van der Waals surface area contributed by atoms with E-state index in [0.717, 1.165) is 0 Å². The zero-order valence-electron chi connectivity index (χ0n) is 19.1. The first kappa shape index (κ1) is 25.1. The van der Waals surface area contributed by atoms with Crippen LogP contribution in [-0.4, -0.2) is 93.1 Å². The van der Waals surface area contributed by atoms with Crippen LogP contribution in [0.4, 0.5) is 0 Å². The first-order valence-electron chi connectivity index (χ1n) is 10.3. The smallest absolute Gasteiger partial charge is 0.247 e. The molecular weight excluding hydrogens is 418 g/mol. The van der Waals surface area contributed by atoms with Gasteiger partial charge in [-0.05, 0) is 39.2 Å². The van der Waals surface area contributed by atoms with E-state index < -0.39 is 22.2 Å². The van der Waals surface area contributed by atoms with Gasteiger partial charge in [-0.25, -0.2) is 8.42 Å². The van der Waals surface area contributed by atoms with E-state index in [1.54, 1.807) is 31.0 Å². The number of rotatable bonds is 5. The van der Waals surface area contributed by atoms with E-state index in [2.05, 4.69) is 11.8 Å². The Morgan fingerprint density at radius 2 is 2.03 bits per heavy atom. The van der Waals surface area contributed by atoms with Gasteiger partial charge in [-0.15, -0.1) is 0 Å². The van der Waals surface area contributed by atoms with Crippen LogP contribution in [-0.2, 0) is 14.8 Å². The van der Waals surface area contributed by atoms with E-state index >= 15 is 0 Å². The number of hydrogen-bond donors (Lipinski definition) is 1. The zero-order valence-corrected chi connectivity index (χ0v) is 19.9. The standard InChI is InChI=1S/C22H33N3O5S/c1-16-13-25(17(2)15-26)31(28,29)22-10-9-19(8-7-11-23(4)5)12-20(22)30-21(16)14-24(6)18(3)27/h9-10,12,16-17,21,26H,11,13-15H2,1-6H3/t16-,17+,21+/m1/s1. The fraction of sp³-hybridized carbons (Fsp3) is 0.591. The summed E-state index contributed by atoms with van der Waals surface area (Å²) in [5.74, 6) is 5.96. The van der Waals surface area contributed by atoms with Crippen molar-refractivity contribution in [3.8, 4) is 17.6 Å². The Labute approximate surface area is 185 Å². The lowest BCUT2D eigenvalue weighted by atomic mass is 10.0. The fourth-order valence-electron chi connectivity index (χ4n) is 3.22. The Morgan fingerprint density at radius 1 is 1.35 bits per heavy atom. The van der Waals surface area contributed by atoms with Gasteiger partial charge >= 0.3 is 0 Å². The predicted octanol–water partition coefficient (Wildman–Crippen LogP) is 0.847. The number of nitrogens with zero attached hydrogens (tertiary/aromatic N) is 3. The number of benzene rings is 1. The third-order valence-electron chi connectivity index (χ3n) is 5.29. The number of carbonyl (C=O) groups excluding carboxylic acids is 1. The van der Waals surface area contributed by atoms with Gasteiger partial charge in [0.15, 0.2) is 0 Å². The van der Waals surface area contributed by atoms with Crippen LogP contribution in [0.25, 0.3) is 0 Å². The number of sulfonamides is 1. The molecule has 31 heavy (non-hydrogen) atoms. The van der Waals surface area contributed by atoms with Crippen LogP contribution in [0, 0.1) is 17.8 Å². The van der Waals surface area contributed by atoms with Gasteiger partial charge in [0.1, 0.15) is 16.7 Å². The molecule has 2 rings (SSSR count). The highest BCUT2D eigenvalue weighted by Gasteiger charge is 2.38. The molecule has 1 amide bonds. The topological polar surface area (TPSA) is 90.4 Å².